The SMILES string of the molecule is CN1CCCC1=Nc1ccc(Br)cc1C#N. The third-order valence-corrected chi connectivity index (χ3v) is 3.16. The van der Waals surface area contributed by atoms with E-state index in [0.29, 0.717) is 5.56 Å². The van der Waals surface area contributed by atoms with E-state index in [1.54, 1.807) is 6.07 Å². The van der Waals surface area contributed by atoms with E-state index in [1.165, 1.54) is 0 Å². The Morgan fingerprint density at radius 2 is 2.31 bits per heavy atom. The zero-order valence-corrected chi connectivity index (χ0v) is 10.7. The molecule has 1 fully saturated rings. The fraction of sp³-hybridized carbons (Fsp3) is 0.333. The van der Waals surface area contributed by atoms with Crippen LogP contribution in [-0.4, -0.2) is 24.3 Å². The number of nitriles is 1. The van der Waals surface area contributed by atoms with Gasteiger partial charge in [-0.15, -0.1) is 0 Å². The van der Waals surface area contributed by atoms with Crippen LogP contribution in [0, 0.1) is 11.3 Å². The van der Waals surface area contributed by atoms with Gasteiger partial charge < -0.3 is 4.90 Å². The molecule has 1 aliphatic rings. The summed E-state index contributed by atoms with van der Waals surface area (Å²) in [6, 6.07) is 7.76. The van der Waals surface area contributed by atoms with Crippen LogP contribution in [0.25, 0.3) is 0 Å². The van der Waals surface area contributed by atoms with E-state index < -0.39 is 0 Å². The second-order valence-corrected chi connectivity index (χ2v) is 4.74. The van der Waals surface area contributed by atoms with Gasteiger partial charge in [-0.25, -0.2) is 4.99 Å². The lowest BCUT2D eigenvalue weighted by Gasteiger charge is -2.11. The molecule has 0 spiro atoms. The number of amidine groups is 1. The fourth-order valence-electron chi connectivity index (χ4n) is 1.77. The first-order valence-corrected chi connectivity index (χ1v) is 5.98. The maximum Gasteiger partial charge on any atom is 0.105 e. The van der Waals surface area contributed by atoms with Crippen LogP contribution in [-0.2, 0) is 0 Å². The third kappa shape index (κ3) is 2.25. The van der Waals surface area contributed by atoms with E-state index in [1.807, 2.05) is 19.2 Å². The summed E-state index contributed by atoms with van der Waals surface area (Å²) in [5.41, 5.74) is 1.37. The molecular weight excluding hydrogens is 266 g/mol. The highest BCUT2D eigenvalue weighted by Crippen LogP contribution is 2.24. The summed E-state index contributed by atoms with van der Waals surface area (Å²) in [4.78, 5) is 6.69. The summed E-state index contributed by atoms with van der Waals surface area (Å²) in [6.07, 6.45) is 2.14. The van der Waals surface area contributed by atoms with Crippen molar-refractivity contribution in [1.29, 1.82) is 5.26 Å². The lowest BCUT2D eigenvalue weighted by atomic mass is 10.2. The van der Waals surface area contributed by atoms with E-state index >= 15 is 0 Å². The highest BCUT2D eigenvalue weighted by atomic mass is 79.9. The van der Waals surface area contributed by atoms with Crippen LogP contribution in [0.2, 0.25) is 0 Å². The van der Waals surface area contributed by atoms with Crippen LogP contribution in [0.15, 0.2) is 27.7 Å². The number of benzene rings is 1. The molecule has 1 aromatic carbocycles. The maximum atomic E-state index is 9.03. The van der Waals surface area contributed by atoms with Crippen molar-refractivity contribution in [2.45, 2.75) is 12.8 Å². The van der Waals surface area contributed by atoms with Gasteiger partial charge in [0.2, 0.25) is 0 Å². The molecule has 0 radical (unpaired) electrons. The molecular formula is C12H12BrN3. The Hall–Kier alpha value is -1.34. The number of hydrogen-bond acceptors (Lipinski definition) is 2. The standard InChI is InChI=1S/C12H12BrN3/c1-16-6-2-3-12(16)15-11-5-4-10(13)7-9(11)8-14/h4-5,7H,2-3,6H2,1H3. The second-order valence-electron chi connectivity index (χ2n) is 3.83. The predicted molar refractivity (Wildman–Crippen MR) is 67.8 cm³/mol. The molecule has 82 valence electrons. The number of halogens is 1. The summed E-state index contributed by atoms with van der Waals surface area (Å²) in [5, 5.41) is 9.03. The molecule has 1 saturated heterocycles. The molecule has 16 heavy (non-hydrogen) atoms. The molecule has 4 heteroatoms. The zero-order chi connectivity index (χ0) is 11.5. The molecule has 0 saturated carbocycles. The van der Waals surface area contributed by atoms with E-state index in [9.17, 15) is 0 Å². The predicted octanol–water partition coefficient (Wildman–Crippen LogP) is 3.08. The highest BCUT2D eigenvalue weighted by molar-refractivity contribution is 9.10. The second kappa shape index (κ2) is 4.67. The van der Waals surface area contributed by atoms with Gasteiger partial charge in [-0.05, 0) is 24.6 Å². The molecule has 0 aliphatic carbocycles. The average molecular weight is 278 g/mol. The molecule has 0 atom stereocenters. The molecule has 0 aromatic heterocycles. The van der Waals surface area contributed by atoms with Crippen molar-refractivity contribution >= 4 is 27.5 Å². The normalized spacial score (nSPS) is 17.8. The van der Waals surface area contributed by atoms with Crippen molar-refractivity contribution in [3.63, 3.8) is 0 Å². The van der Waals surface area contributed by atoms with Crippen molar-refractivity contribution in [1.82, 2.24) is 4.90 Å². The molecule has 1 aromatic rings. The zero-order valence-electron chi connectivity index (χ0n) is 9.07. The van der Waals surface area contributed by atoms with Crippen LogP contribution < -0.4 is 0 Å². The first kappa shape index (κ1) is 11.2. The lowest BCUT2D eigenvalue weighted by Crippen LogP contribution is -2.18. The highest BCUT2D eigenvalue weighted by Gasteiger charge is 2.14. The van der Waals surface area contributed by atoms with Crippen LogP contribution in [0.1, 0.15) is 18.4 Å². The van der Waals surface area contributed by atoms with Gasteiger partial charge >= 0.3 is 0 Å². The van der Waals surface area contributed by atoms with E-state index in [4.69, 9.17) is 5.26 Å². The van der Waals surface area contributed by atoms with Gasteiger partial charge in [0, 0.05) is 24.5 Å². The van der Waals surface area contributed by atoms with Gasteiger partial charge in [0.15, 0.2) is 0 Å². The third-order valence-electron chi connectivity index (χ3n) is 2.66. The Morgan fingerprint density at radius 1 is 1.50 bits per heavy atom. The smallest absolute Gasteiger partial charge is 0.105 e. The van der Waals surface area contributed by atoms with Crippen molar-refractivity contribution in [3.05, 3.63) is 28.2 Å². The van der Waals surface area contributed by atoms with Crippen LogP contribution in [0.5, 0.6) is 0 Å². The van der Waals surface area contributed by atoms with E-state index in [-0.39, 0.29) is 0 Å². The fourth-order valence-corrected chi connectivity index (χ4v) is 2.13. The number of nitrogens with zero attached hydrogens (tertiary/aromatic N) is 3. The van der Waals surface area contributed by atoms with Gasteiger partial charge in [-0.3, -0.25) is 0 Å². The molecule has 0 bridgehead atoms. The first-order valence-electron chi connectivity index (χ1n) is 5.19. The minimum atomic E-state index is 0.613. The van der Waals surface area contributed by atoms with Gasteiger partial charge in [-0.2, -0.15) is 5.26 Å². The van der Waals surface area contributed by atoms with Gasteiger partial charge in [-0.1, -0.05) is 15.9 Å². The maximum absolute atomic E-state index is 9.03. The van der Waals surface area contributed by atoms with E-state index in [0.717, 1.165) is 35.4 Å². The van der Waals surface area contributed by atoms with Crippen molar-refractivity contribution in [3.8, 4) is 6.07 Å². The van der Waals surface area contributed by atoms with Gasteiger partial charge in [0.1, 0.15) is 11.9 Å². The van der Waals surface area contributed by atoms with E-state index in [2.05, 4.69) is 31.9 Å². The van der Waals surface area contributed by atoms with Crippen LogP contribution in [0.4, 0.5) is 5.69 Å². The van der Waals surface area contributed by atoms with Crippen molar-refractivity contribution in [2.75, 3.05) is 13.6 Å². The minimum absolute atomic E-state index is 0.613. The largest absolute Gasteiger partial charge is 0.363 e. The van der Waals surface area contributed by atoms with Gasteiger partial charge in [0.05, 0.1) is 11.3 Å². The molecule has 3 nitrogen and oxygen atoms in total. The Bertz CT molecular complexity index is 474. The minimum Gasteiger partial charge on any atom is -0.363 e. The first-order chi connectivity index (χ1) is 7.70. The summed E-state index contributed by atoms with van der Waals surface area (Å²) < 4.78 is 0.910. The quantitative estimate of drug-likeness (QED) is 0.792. The summed E-state index contributed by atoms with van der Waals surface area (Å²) >= 11 is 3.35. The molecule has 1 heterocycles. The number of rotatable bonds is 1. The Labute approximate surface area is 104 Å². The van der Waals surface area contributed by atoms with Crippen LogP contribution in [0.3, 0.4) is 0 Å². The molecule has 0 N–H and O–H groups in total. The van der Waals surface area contributed by atoms with Crippen molar-refractivity contribution < 1.29 is 0 Å². The topological polar surface area (TPSA) is 39.4 Å². The summed E-state index contributed by atoms with van der Waals surface area (Å²) in [6.45, 7) is 1.05. The monoisotopic (exact) mass is 277 g/mol. The number of likely N-dealkylation sites (tertiary alicyclic amines) is 1. The number of aliphatic imine (C=N–C) groups is 1. The lowest BCUT2D eigenvalue weighted by molar-refractivity contribution is 0.550. The molecule has 2 rings (SSSR count). The van der Waals surface area contributed by atoms with Gasteiger partial charge in [0.25, 0.3) is 0 Å². The molecule has 0 amide bonds. The Balaban J connectivity index is 2.38. The number of hydrogen-bond donors (Lipinski definition) is 0. The molecule has 1 aliphatic heterocycles. The average Bonchev–Trinajstić information content (AvgIpc) is 2.67. The Kier molecular flexibility index (Phi) is 3.25. The molecule has 0 unspecified atom stereocenters. The van der Waals surface area contributed by atoms with Crippen LogP contribution >= 0.6 is 15.9 Å². The summed E-state index contributed by atoms with van der Waals surface area (Å²) in [5.74, 6) is 1.07. The van der Waals surface area contributed by atoms with Crippen molar-refractivity contribution in [2.24, 2.45) is 4.99 Å². The summed E-state index contributed by atoms with van der Waals surface area (Å²) in [7, 11) is 2.04. The Morgan fingerprint density at radius 3 is 2.94 bits per heavy atom.